The average Bonchev–Trinajstić information content (AvgIpc) is 2.66. The van der Waals surface area contributed by atoms with Gasteiger partial charge in [0.05, 0.1) is 12.7 Å². The van der Waals surface area contributed by atoms with Crippen LogP contribution in [0.15, 0.2) is 54.6 Å². The normalized spacial score (nSPS) is 11.4. The number of amides is 1. The number of carbonyl (C=O) groups is 1. The molecule has 2 aromatic rings. The second-order valence-electron chi connectivity index (χ2n) is 5.63. The van der Waals surface area contributed by atoms with Crippen LogP contribution in [-0.4, -0.2) is 19.7 Å². The molecule has 7 heteroatoms. The summed E-state index contributed by atoms with van der Waals surface area (Å²) in [7, 11) is 1.32. The van der Waals surface area contributed by atoms with Crippen molar-refractivity contribution in [2.45, 2.75) is 19.2 Å². The third-order valence-corrected chi connectivity index (χ3v) is 3.65. The van der Waals surface area contributed by atoms with Crippen molar-refractivity contribution < 1.29 is 27.4 Å². The van der Waals surface area contributed by atoms with Crippen molar-refractivity contribution in [1.82, 2.24) is 5.32 Å². The number of carbonyl (C=O) groups excluding carboxylic acids is 1. The van der Waals surface area contributed by atoms with Gasteiger partial charge in [-0.25, -0.2) is 4.79 Å². The van der Waals surface area contributed by atoms with Gasteiger partial charge < -0.3 is 14.8 Å². The lowest BCUT2D eigenvalue weighted by molar-refractivity contribution is -0.137. The summed E-state index contributed by atoms with van der Waals surface area (Å²) in [6, 6.07) is 12.6. The van der Waals surface area contributed by atoms with Gasteiger partial charge in [-0.3, -0.25) is 0 Å². The first-order valence-electron chi connectivity index (χ1n) is 8.26. The number of methoxy groups -OCH3 is 1. The standard InChI is InChI=1S/C20H20F3NO3/c1-26-18-13-17(20(21,22)23)11-10-16(18)9-5-6-12-24-19(25)27-14-15-7-3-2-4-8-15/h2-5,7-11,13H,6,12,14H2,1H3,(H,24,25). The Morgan fingerprint density at radius 2 is 1.89 bits per heavy atom. The molecule has 0 aliphatic carbocycles. The van der Waals surface area contributed by atoms with E-state index in [-0.39, 0.29) is 12.4 Å². The maximum Gasteiger partial charge on any atom is 0.416 e. The molecule has 2 aromatic carbocycles. The summed E-state index contributed by atoms with van der Waals surface area (Å²) in [5.41, 5.74) is 0.651. The maximum atomic E-state index is 12.7. The Labute approximate surface area is 155 Å². The molecule has 0 bridgehead atoms. The van der Waals surface area contributed by atoms with E-state index >= 15 is 0 Å². The molecular formula is C20H20F3NO3. The van der Waals surface area contributed by atoms with Crippen LogP contribution in [0.2, 0.25) is 0 Å². The molecule has 0 aliphatic heterocycles. The molecule has 0 fully saturated rings. The van der Waals surface area contributed by atoms with E-state index < -0.39 is 17.8 Å². The Morgan fingerprint density at radius 3 is 2.56 bits per heavy atom. The van der Waals surface area contributed by atoms with E-state index in [1.54, 1.807) is 12.2 Å². The largest absolute Gasteiger partial charge is 0.496 e. The Balaban J connectivity index is 1.78. The minimum Gasteiger partial charge on any atom is -0.496 e. The van der Waals surface area contributed by atoms with Crippen molar-refractivity contribution >= 4 is 12.2 Å². The number of hydrogen-bond acceptors (Lipinski definition) is 3. The molecule has 0 aliphatic rings. The average molecular weight is 379 g/mol. The quantitative estimate of drug-likeness (QED) is 0.686. The van der Waals surface area contributed by atoms with Crippen molar-refractivity contribution in [1.29, 1.82) is 0 Å². The molecule has 0 saturated heterocycles. The van der Waals surface area contributed by atoms with Crippen molar-refractivity contribution in [3.8, 4) is 5.75 Å². The maximum absolute atomic E-state index is 12.7. The fourth-order valence-corrected chi connectivity index (χ4v) is 2.27. The van der Waals surface area contributed by atoms with Gasteiger partial charge >= 0.3 is 12.3 Å². The lowest BCUT2D eigenvalue weighted by atomic mass is 10.1. The number of rotatable bonds is 7. The molecule has 0 unspecified atom stereocenters. The Kier molecular flexibility index (Phi) is 7.28. The summed E-state index contributed by atoms with van der Waals surface area (Å²) in [6.45, 7) is 0.526. The van der Waals surface area contributed by atoms with Crippen LogP contribution in [0.4, 0.5) is 18.0 Å². The highest BCUT2D eigenvalue weighted by atomic mass is 19.4. The molecule has 0 radical (unpaired) electrons. The zero-order valence-corrected chi connectivity index (χ0v) is 14.8. The number of alkyl halides is 3. The van der Waals surface area contributed by atoms with E-state index in [0.29, 0.717) is 18.5 Å². The fraction of sp³-hybridized carbons (Fsp3) is 0.250. The van der Waals surface area contributed by atoms with Gasteiger partial charge in [0.25, 0.3) is 0 Å². The van der Waals surface area contributed by atoms with Crippen LogP contribution in [0, 0.1) is 0 Å². The molecular weight excluding hydrogens is 359 g/mol. The highest BCUT2D eigenvalue weighted by Crippen LogP contribution is 2.33. The topological polar surface area (TPSA) is 47.6 Å². The highest BCUT2D eigenvalue weighted by molar-refractivity contribution is 5.67. The predicted octanol–water partition coefficient (Wildman–Crippen LogP) is 5.04. The molecule has 1 amide bonds. The van der Waals surface area contributed by atoms with Gasteiger partial charge in [-0.15, -0.1) is 0 Å². The van der Waals surface area contributed by atoms with Gasteiger partial charge in [0.2, 0.25) is 0 Å². The zero-order chi connectivity index (χ0) is 19.7. The molecule has 0 heterocycles. The lowest BCUT2D eigenvalue weighted by Gasteiger charge is -2.10. The SMILES string of the molecule is COc1cc(C(F)(F)F)ccc1C=CCCNC(=O)OCc1ccccc1. The van der Waals surface area contributed by atoms with Crippen LogP contribution in [0.1, 0.15) is 23.1 Å². The van der Waals surface area contributed by atoms with E-state index in [1.165, 1.54) is 13.2 Å². The number of halogens is 3. The summed E-state index contributed by atoms with van der Waals surface area (Å²) in [5.74, 6) is 0.135. The van der Waals surface area contributed by atoms with Crippen LogP contribution >= 0.6 is 0 Å². The van der Waals surface area contributed by atoms with Gasteiger partial charge in [-0.05, 0) is 24.1 Å². The molecule has 0 aromatic heterocycles. The summed E-state index contributed by atoms with van der Waals surface area (Å²) < 4.78 is 48.2. The van der Waals surface area contributed by atoms with Gasteiger partial charge in [0.15, 0.2) is 0 Å². The van der Waals surface area contributed by atoms with E-state index in [4.69, 9.17) is 9.47 Å². The summed E-state index contributed by atoms with van der Waals surface area (Å²) in [4.78, 5) is 11.6. The fourth-order valence-electron chi connectivity index (χ4n) is 2.27. The molecule has 4 nitrogen and oxygen atoms in total. The number of hydrogen-bond donors (Lipinski definition) is 1. The van der Waals surface area contributed by atoms with Crippen LogP contribution < -0.4 is 10.1 Å². The number of alkyl carbamates (subject to hydrolysis) is 1. The second kappa shape index (κ2) is 9.66. The molecule has 1 N–H and O–H groups in total. The molecule has 144 valence electrons. The van der Waals surface area contributed by atoms with Crippen LogP contribution in [0.5, 0.6) is 5.75 Å². The van der Waals surface area contributed by atoms with Crippen LogP contribution in [0.25, 0.3) is 6.08 Å². The minimum atomic E-state index is -4.42. The van der Waals surface area contributed by atoms with Crippen LogP contribution in [0.3, 0.4) is 0 Å². The Morgan fingerprint density at radius 1 is 1.15 bits per heavy atom. The number of nitrogens with one attached hydrogen (secondary N) is 1. The zero-order valence-electron chi connectivity index (χ0n) is 14.8. The summed E-state index contributed by atoms with van der Waals surface area (Å²) in [6.07, 6.45) is -1.07. The van der Waals surface area contributed by atoms with E-state index in [0.717, 1.165) is 17.7 Å². The molecule has 0 spiro atoms. The molecule has 0 saturated carbocycles. The monoisotopic (exact) mass is 379 g/mol. The van der Waals surface area contributed by atoms with Crippen molar-refractivity contribution in [3.05, 3.63) is 71.3 Å². The molecule has 2 rings (SSSR count). The van der Waals surface area contributed by atoms with E-state index in [2.05, 4.69) is 5.32 Å². The first-order valence-corrected chi connectivity index (χ1v) is 8.26. The van der Waals surface area contributed by atoms with Gasteiger partial charge in [-0.1, -0.05) is 48.6 Å². The van der Waals surface area contributed by atoms with Gasteiger partial charge in [0.1, 0.15) is 12.4 Å². The number of ether oxygens (including phenoxy) is 2. The first kappa shape index (κ1) is 20.4. The second-order valence-corrected chi connectivity index (χ2v) is 5.63. The van der Waals surface area contributed by atoms with Gasteiger partial charge in [0, 0.05) is 12.1 Å². The third kappa shape index (κ3) is 6.69. The first-order chi connectivity index (χ1) is 12.9. The predicted molar refractivity (Wildman–Crippen MR) is 96.3 cm³/mol. The van der Waals surface area contributed by atoms with Crippen molar-refractivity contribution in [3.63, 3.8) is 0 Å². The number of benzene rings is 2. The third-order valence-electron chi connectivity index (χ3n) is 3.65. The van der Waals surface area contributed by atoms with Gasteiger partial charge in [-0.2, -0.15) is 13.2 Å². The Bertz CT molecular complexity index is 774. The van der Waals surface area contributed by atoms with E-state index in [9.17, 15) is 18.0 Å². The smallest absolute Gasteiger partial charge is 0.416 e. The Hall–Kier alpha value is -2.96. The molecule has 27 heavy (non-hydrogen) atoms. The van der Waals surface area contributed by atoms with E-state index in [1.807, 2.05) is 30.3 Å². The highest BCUT2D eigenvalue weighted by Gasteiger charge is 2.31. The lowest BCUT2D eigenvalue weighted by Crippen LogP contribution is -2.24. The van der Waals surface area contributed by atoms with Crippen molar-refractivity contribution in [2.75, 3.05) is 13.7 Å². The summed E-state index contributed by atoms with van der Waals surface area (Å²) in [5, 5.41) is 2.60. The summed E-state index contributed by atoms with van der Waals surface area (Å²) >= 11 is 0. The minimum absolute atomic E-state index is 0.135. The molecule has 0 atom stereocenters. The van der Waals surface area contributed by atoms with Crippen LogP contribution in [-0.2, 0) is 17.5 Å². The van der Waals surface area contributed by atoms with Crippen molar-refractivity contribution in [2.24, 2.45) is 0 Å².